The Bertz CT molecular complexity index is 1030. The van der Waals surface area contributed by atoms with E-state index in [1.54, 1.807) is 22.9 Å². The van der Waals surface area contributed by atoms with Gasteiger partial charge >= 0.3 is 0 Å². The Hall–Kier alpha value is -3.20. The summed E-state index contributed by atoms with van der Waals surface area (Å²) in [6, 6.07) is 11.3. The van der Waals surface area contributed by atoms with Crippen molar-refractivity contribution in [2.75, 3.05) is 6.54 Å². The van der Waals surface area contributed by atoms with Crippen LogP contribution in [0.2, 0.25) is 0 Å². The van der Waals surface area contributed by atoms with E-state index in [-0.39, 0.29) is 11.9 Å². The summed E-state index contributed by atoms with van der Waals surface area (Å²) < 4.78 is 1.80. The second-order valence-electron chi connectivity index (χ2n) is 6.27. The van der Waals surface area contributed by atoms with Crippen molar-refractivity contribution in [2.24, 2.45) is 7.05 Å². The van der Waals surface area contributed by atoms with Crippen LogP contribution in [0.5, 0.6) is 0 Å². The Morgan fingerprint density at radius 1 is 1.36 bits per heavy atom. The van der Waals surface area contributed by atoms with E-state index in [0.717, 1.165) is 23.2 Å². The van der Waals surface area contributed by atoms with Crippen molar-refractivity contribution in [2.45, 2.75) is 19.4 Å². The molecule has 25 heavy (non-hydrogen) atoms. The Kier molecular flexibility index (Phi) is 3.50. The van der Waals surface area contributed by atoms with Gasteiger partial charge in [-0.15, -0.1) is 0 Å². The maximum absolute atomic E-state index is 13.1. The summed E-state index contributed by atoms with van der Waals surface area (Å²) in [6.45, 7) is 2.64. The molecule has 6 nitrogen and oxygen atoms in total. The lowest BCUT2D eigenvalue weighted by Crippen LogP contribution is -2.40. The summed E-state index contributed by atoms with van der Waals surface area (Å²) in [5, 5.41) is 9.05. The molecule has 0 bridgehead atoms. The Morgan fingerprint density at radius 2 is 2.20 bits per heavy atom. The first-order valence-corrected chi connectivity index (χ1v) is 8.21. The monoisotopic (exact) mass is 331 g/mol. The van der Waals surface area contributed by atoms with Gasteiger partial charge in [-0.05, 0) is 36.8 Å². The molecule has 0 radical (unpaired) electrons. The van der Waals surface area contributed by atoms with Crippen LogP contribution in [0, 0.1) is 11.3 Å². The van der Waals surface area contributed by atoms with E-state index in [1.165, 1.54) is 0 Å². The smallest absolute Gasteiger partial charge is 0.290 e. The number of rotatable bonds is 1. The van der Waals surface area contributed by atoms with Crippen LogP contribution >= 0.6 is 0 Å². The molecule has 0 fully saturated rings. The standard InChI is InChI=1S/C19H17N5O/c1-12-14-4-3-8-21-15(14)7-9-24(12)19(25)18-22-16-10-13(11-20)5-6-17(16)23(18)2/h3-6,8,10,12H,7,9H2,1-2H3. The van der Waals surface area contributed by atoms with Crippen LogP contribution in [0.4, 0.5) is 0 Å². The van der Waals surface area contributed by atoms with Crippen LogP contribution in [0.3, 0.4) is 0 Å². The molecule has 1 atom stereocenters. The lowest BCUT2D eigenvalue weighted by atomic mass is 9.98. The van der Waals surface area contributed by atoms with Gasteiger partial charge in [-0.3, -0.25) is 9.78 Å². The minimum Gasteiger partial charge on any atom is -0.329 e. The molecule has 1 aromatic carbocycles. The molecule has 6 heteroatoms. The van der Waals surface area contributed by atoms with Gasteiger partial charge in [-0.2, -0.15) is 5.26 Å². The summed E-state index contributed by atoms with van der Waals surface area (Å²) in [7, 11) is 1.83. The quantitative estimate of drug-likeness (QED) is 0.687. The van der Waals surface area contributed by atoms with E-state index < -0.39 is 0 Å². The van der Waals surface area contributed by atoms with Gasteiger partial charge in [0.05, 0.1) is 28.7 Å². The highest BCUT2D eigenvalue weighted by atomic mass is 16.2. The fourth-order valence-electron chi connectivity index (χ4n) is 3.49. The highest BCUT2D eigenvalue weighted by molar-refractivity contribution is 5.95. The van der Waals surface area contributed by atoms with Gasteiger partial charge < -0.3 is 9.47 Å². The van der Waals surface area contributed by atoms with Crippen LogP contribution in [0.1, 0.15) is 40.4 Å². The average Bonchev–Trinajstić information content (AvgIpc) is 2.98. The van der Waals surface area contributed by atoms with Crippen LogP contribution in [0.15, 0.2) is 36.5 Å². The highest BCUT2D eigenvalue weighted by Crippen LogP contribution is 2.29. The molecule has 3 heterocycles. The highest BCUT2D eigenvalue weighted by Gasteiger charge is 2.31. The number of carbonyl (C=O) groups excluding carboxylic acids is 1. The van der Waals surface area contributed by atoms with Gasteiger partial charge in [-0.25, -0.2) is 4.98 Å². The number of nitriles is 1. The molecule has 0 N–H and O–H groups in total. The zero-order valence-electron chi connectivity index (χ0n) is 14.1. The number of amides is 1. The third-order valence-electron chi connectivity index (χ3n) is 4.89. The lowest BCUT2D eigenvalue weighted by molar-refractivity contribution is 0.0660. The van der Waals surface area contributed by atoms with Crippen molar-refractivity contribution >= 4 is 16.9 Å². The summed E-state index contributed by atoms with van der Waals surface area (Å²) in [5.41, 5.74) is 4.19. The summed E-state index contributed by atoms with van der Waals surface area (Å²) in [5.74, 6) is 0.295. The van der Waals surface area contributed by atoms with E-state index in [2.05, 4.69) is 16.0 Å². The van der Waals surface area contributed by atoms with Gasteiger partial charge in [0.2, 0.25) is 0 Å². The Labute approximate surface area is 145 Å². The van der Waals surface area contributed by atoms with Crippen molar-refractivity contribution in [1.82, 2.24) is 19.4 Å². The van der Waals surface area contributed by atoms with Gasteiger partial charge in [-0.1, -0.05) is 6.07 Å². The second kappa shape index (κ2) is 5.71. The second-order valence-corrected chi connectivity index (χ2v) is 6.27. The number of hydrogen-bond acceptors (Lipinski definition) is 4. The van der Waals surface area contributed by atoms with E-state index >= 15 is 0 Å². The number of nitrogens with zero attached hydrogens (tertiary/aromatic N) is 5. The average molecular weight is 331 g/mol. The van der Waals surface area contributed by atoms with Crippen molar-refractivity contribution < 1.29 is 4.79 Å². The number of carbonyl (C=O) groups is 1. The maximum Gasteiger partial charge on any atom is 0.290 e. The lowest BCUT2D eigenvalue weighted by Gasteiger charge is -2.34. The molecule has 0 saturated heterocycles. The van der Waals surface area contributed by atoms with E-state index in [1.807, 2.05) is 37.1 Å². The van der Waals surface area contributed by atoms with E-state index in [0.29, 0.717) is 23.4 Å². The molecule has 124 valence electrons. The van der Waals surface area contributed by atoms with Gasteiger partial charge in [0, 0.05) is 31.9 Å². The molecule has 0 spiro atoms. The third-order valence-corrected chi connectivity index (χ3v) is 4.89. The van der Waals surface area contributed by atoms with Crippen LogP contribution in [0.25, 0.3) is 11.0 Å². The molecule has 1 unspecified atom stereocenters. The number of benzene rings is 1. The van der Waals surface area contributed by atoms with Crippen molar-refractivity contribution in [3.63, 3.8) is 0 Å². The molecule has 1 amide bonds. The fraction of sp³-hybridized carbons (Fsp3) is 0.263. The number of aryl methyl sites for hydroxylation is 1. The van der Waals surface area contributed by atoms with E-state index in [9.17, 15) is 4.79 Å². The van der Waals surface area contributed by atoms with Crippen LogP contribution in [-0.2, 0) is 13.5 Å². The predicted octanol–water partition coefficient (Wildman–Crippen LogP) is 2.60. The Morgan fingerprint density at radius 3 is 3.00 bits per heavy atom. The molecule has 1 aliphatic heterocycles. The predicted molar refractivity (Wildman–Crippen MR) is 92.8 cm³/mol. The van der Waals surface area contributed by atoms with Gasteiger partial charge in [0.1, 0.15) is 0 Å². The molecule has 1 aliphatic rings. The first-order chi connectivity index (χ1) is 12.1. The third kappa shape index (κ3) is 2.36. The van der Waals surface area contributed by atoms with Crippen LogP contribution < -0.4 is 0 Å². The van der Waals surface area contributed by atoms with Crippen molar-refractivity contribution in [3.8, 4) is 6.07 Å². The number of imidazole rings is 1. The minimum atomic E-state index is -0.0980. The Balaban J connectivity index is 1.73. The van der Waals surface area contributed by atoms with Gasteiger partial charge in [0.25, 0.3) is 5.91 Å². The molecule has 0 saturated carbocycles. The first-order valence-electron chi connectivity index (χ1n) is 8.21. The largest absolute Gasteiger partial charge is 0.329 e. The molecule has 3 aromatic rings. The van der Waals surface area contributed by atoms with Gasteiger partial charge in [0.15, 0.2) is 5.82 Å². The molecule has 4 rings (SSSR count). The molecule has 0 aliphatic carbocycles. The zero-order valence-corrected chi connectivity index (χ0v) is 14.1. The van der Waals surface area contributed by atoms with Crippen LogP contribution in [-0.4, -0.2) is 31.9 Å². The fourth-order valence-corrected chi connectivity index (χ4v) is 3.49. The first kappa shape index (κ1) is 15.3. The number of hydrogen-bond donors (Lipinski definition) is 0. The summed E-state index contributed by atoms with van der Waals surface area (Å²) in [4.78, 5) is 23.9. The van der Waals surface area contributed by atoms with Crippen molar-refractivity contribution in [3.05, 3.63) is 59.2 Å². The minimum absolute atomic E-state index is 0.0422. The topological polar surface area (TPSA) is 74.8 Å². The van der Waals surface area contributed by atoms with Crippen molar-refractivity contribution in [1.29, 1.82) is 5.26 Å². The molecule has 2 aromatic heterocycles. The maximum atomic E-state index is 13.1. The number of pyridine rings is 1. The normalized spacial score (nSPS) is 16.5. The number of fused-ring (bicyclic) bond motifs is 2. The summed E-state index contributed by atoms with van der Waals surface area (Å²) >= 11 is 0. The molecular formula is C19H17N5O. The van der Waals surface area contributed by atoms with E-state index in [4.69, 9.17) is 5.26 Å². The zero-order chi connectivity index (χ0) is 17.6. The number of aromatic nitrogens is 3. The SMILES string of the molecule is CC1c2cccnc2CCN1C(=O)c1nc2cc(C#N)ccc2n1C. The molecular weight excluding hydrogens is 314 g/mol. The summed E-state index contributed by atoms with van der Waals surface area (Å²) in [6.07, 6.45) is 2.54.